The van der Waals surface area contributed by atoms with Gasteiger partial charge in [0.1, 0.15) is 0 Å². The predicted molar refractivity (Wildman–Crippen MR) is 77.6 cm³/mol. The lowest BCUT2D eigenvalue weighted by Gasteiger charge is -2.24. The molecule has 0 aliphatic heterocycles. The number of benzene rings is 1. The predicted octanol–water partition coefficient (Wildman–Crippen LogP) is 3.40. The minimum Gasteiger partial charge on any atom is -0.347 e. The van der Waals surface area contributed by atoms with E-state index in [1.807, 2.05) is 67.2 Å². The fourth-order valence-electron chi connectivity index (χ4n) is 1.76. The molecule has 19 heavy (non-hydrogen) atoms. The number of hydrogen-bond acceptors (Lipinski definition) is 1. The minimum absolute atomic E-state index is 0.0223. The summed E-state index contributed by atoms with van der Waals surface area (Å²) < 4.78 is 2.01. The van der Waals surface area contributed by atoms with Crippen LogP contribution in [0.4, 0.5) is 0 Å². The first-order chi connectivity index (χ1) is 9.02. The Bertz CT molecular complexity index is 539. The molecule has 1 N–H and O–H groups in total. The molecular formula is C16H20N2O. The fourth-order valence-corrected chi connectivity index (χ4v) is 1.76. The van der Waals surface area contributed by atoms with Gasteiger partial charge in [-0.2, -0.15) is 0 Å². The van der Waals surface area contributed by atoms with Crippen LogP contribution in [0.25, 0.3) is 5.69 Å². The van der Waals surface area contributed by atoms with Crippen molar-refractivity contribution in [3.05, 3.63) is 54.4 Å². The number of carbonyl (C=O) groups is 1. The molecule has 0 fully saturated rings. The van der Waals surface area contributed by atoms with Crippen LogP contribution in [0.15, 0.2) is 48.8 Å². The lowest BCUT2D eigenvalue weighted by Crippen LogP contribution is -2.42. The monoisotopic (exact) mass is 256 g/mol. The van der Waals surface area contributed by atoms with E-state index in [-0.39, 0.29) is 11.4 Å². The van der Waals surface area contributed by atoms with E-state index in [9.17, 15) is 4.79 Å². The van der Waals surface area contributed by atoms with E-state index in [0.717, 1.165) is 12.1 Å². The Labute approximate surface area is 114 Å². The van der Waals surface area contributed by atoms with E-state index < -0.39 is 0 Å². The van der Waals surface area contributed by atoms with Gasteiger partial charge in [0.15, 0.2) is 0 Å². The molecule has 1 heterocycles. The first-order valence-corrected chi connectivity index (χ1v) is 6.58. The van der Waals surface area contributed by atoms with Crippen LogP contribution in [-0.2, 0) is 0 Å². The van der Waals surface area contributed by atoms with Crippen molar-refractivity contribution in [1.29, 1.82) is 0 Å². The summed E-state index contributed by atoms with van der Waals surface area (Å²) in [4.78, 5) is 12.1. The third-order valence-corrected chi connectivity index (χ3v) is 3.37. The van der Waals surface area contributed by atoms with Crippen molar-refractivity contribution in [3.63, 3.8) is 0 Å². The summed E-state index contributed by atoms with van der Waals surface area (Å²) in [6.07, 6.45) is 4.87. The van der Waals surface area contributed by atoms with E-state index in [0.29, 0.717) is 5.56 Å². The molecule has 0 aliphatic carbocycles. The van der Waals surface area contributed by atoms with E-state index in [1.54, 1.807) is 0 Å². The van der Waals surface area contributed by atoms with Crippen molar-refractivity contribution in [1.82, 2.24) is 9.88 Å². The van der Waals surface area contributed by atoms with Gasteiger partial charge in [-0.05, 0) is 56.7 Å². The van der Waals surface area contributed by atoms with Crippen LogP contribution in [0.5, 0.6) is 0 Å². The van der Waals surface area contributed by atoms with Gasteiger partial charge in [0, 0.05) is 29.2 Å². The Morgan fingerprint density at radius 1 is 1.16 bits per heavy atom. The second-order valence-electron chi connectivity index (χ2n) is 5.33. The van der Waals surface area contributed by atoms with Crippen molar-refractivity contribution in [2.45, 2.75) is 32.7 Å². The van der Waals surface area contributed by atoms with Crippen molar-refractivity contribution >= 4 is 5.91 Å². The molecule has 1 aromatic heterocycles. The molecule has 1 aromatic carbocycles. The standard InChI is InChI=1S/C16H20N2O/c1-4-16(2,3)17-15(19)13-7-9-14(10-8-13)18-11-5-6-12-18/h5-12H,4H2,1-3H3,(H,17,19). The van der Waals surface area contributed by atoms with Crippen LogP contribution in [0.1, 0.15) is 37.6 Å². The Morgan fingerprint density at radius 2 is 1.74 bits per heavy atom. The average molecular weight is 256 g/mol. The van der Waals surface area contributed by atoms with Gasteiger partial charge < -0.3 is 9.88 Å². The summed E-state index contributed by atoms with van der Waals surface area (Å²) in [6.45, 7) is 6.12. The largest absolute Gasteiger partial charge is 0.347 e. The van der Waals surface area contributed by atoms with Crippen LogP contribution >= 0.6 is 0 Å². The van der Waals surface area contributed by atoms with Crippen LogP contribution in [0.3, 0.4) is 0 Å². The van der Waals surface area contributed by atoms with Crippen LogP contribution < -0.4 is 5.32 Å². The second-order valence-corrected chi connectivity index (χ2v) is 5.33. The molecule has 0 bridgehead atoms. The average Bonchev–Trinajstić information content (AvgIpc) is 2.92. The number of aromatic nitrogens is 1. The number of rotatable bonds is 4. The number of nitrogens with one attached hydrogen (secondary N) is 1. The Hall–Kier alpha value is -2.03. The highest BCUT2D eigenvalue weighted by Gasteiger charge is 2.18. The molecule has 0 spiro atoms. The Balaban J connectivity index is 2.13. The zero-order valence-electron chi connectivity index (χ0n) is 11.7. The van der Waals surface area contributed by atoms with Gasteiger partial charge in [0.25, 0.3) is 5.91 Å². The lowest BCUT2D eigenvalue weighted by molar-refractivity contribution is 0.0911. The minimum atomic E-state index is -0.170. The number of amides is 1. The summed E-state index contributed by atoms with van der Waals surface area (Å²) in [5.74, 6) is -0.0223. The van der Waals surface area contributed by atoms with Crippen molar-refractivity contribution in [2.75, 3.05) is 0 Å². The zero-order chi connectivity index (χ0) is 13.9. The number of nitrogens with zero attached hydrogens (tertiary/aromatic N) is 1. The maximum absolute atomic E-state index is 12.1. The van der Waals surface area contributed by atoms with Crippen LogP contribution in [0, 0.1) is 0 Å². The summed E-state index contributed by atoms with van der Waals surface area (Å²) in [5.41, 5.74) is 1.57. The molecule has 3 heteroatoms. The summed E-state index contributed by atoms with van der Waals surface area (Å²) >= 11 is 0. The Morgan fingerprint density at radius 3 is 2.26 bits per heavy atom. The van der Waals surface area contributed by atoms with Gasteiger partial charge in [-0.15, -0.1) is 0 Å². The molecule has 0 unspecified atom stereocenters. The molecule has 0 radical (unpaired) electrons. The lowest BCUT2D eigenvalue weighted by atomic mass is 10.0. The maximum Gasteiger partial charge on any atom is 0.251 e. The van der Waals surface area contributed by atoms with E-state index in [2.05, 4.69) is 12.2 Å². The van der Waals surface area contributed by atoms with E-state index in [4.69, 9.17) is 0 Å². The zero-order valence-corrected chi connectivity index (χ0v) is 11.7. The molecule has 0 aliphatic rings. The third-order valence-electron chi connectivity index (χ3n) is 3.37. The Kier molecular flexibility index (Phi) is 3.74. The maximum atomic E-state index is 12.1. The molecule has 2 rings (SSSR count). The molecule has 0 atom stereocenters. The quantitative estimate of drug-likeness (QED) is 0.893. The van der Waals surface area contributed by atoms with Crippen molar-refractivity contribution in [2.24, 2.45) is 0 Å². The summed E-state index contributed by atoms with van der Waals surface area (Å²) in [5, 5.41) is 3.03. The molecule has 100 valence electrons. The first-order valence-electron chi connectivity index (χ1n) is 6.58. The molecular weight excluding hydrogens is 236 g/mol. The molecule has 2 aromatic rings. The first kappa shape index (κ1) is 13.4. The van der Waals surface area contributed by atoms with Gasteiger partial charge >= 0.3 is 0 Å². The smallest absolute Gasteiger partial charge is 0.251 e. The molecule has 3 nitrogen and oxygen atoms in total. The van der Waals surface area contributed by atoms with Crippen LogP contribution in [-0.4, -0.2) is 16.0 Å². The third kappa shape index (κ3) is 3.25. The summed E-state index contributed by atoms with van der Waals surface area (Å²) in [6, 6.07) is 11.6. The van der Waals surface area contributed by atoms with Gasteiger partial charge in [0.2, 0.25) is 0 Å². The molecule has 0 saturated heterocycles. The van der Waals surface area contributed by atoms with Gasteiger partial charge in [-0.25, -0.2) is 0 Å². The van der Waals surface area contributed by atoms with E-state index >= 15 is 0 Å². The normalized spacial score (nSPS) is 11.3. The van der Waals surface area contributed by atoms with Gasteiger partial charge in [-0.3, -0.25) is 4.79 Å². The topological polar surface area (TPSA) is 34.0 Å². The van der Waals surface area contributed by atoms with Crippen LogP contribution in [0.2, 0.25) is 0 Å². The molecule has 1 amide bonds. The fraction of sp³-hybridized carbons (Fsp3) is 0.312. The van der Waals surface area contributed by atoms with E-state index in [1.165, 1.54) is 0 Å². The highest BCUT2D eigenvalue weighted by atomic mass is 16.1. The van der Waals surface area contributed by atoms with Crippen molar-refractivity contribution in [3.8, 4) is 5.69 Å². The van der Waals surface area contributed by atoms with Crippen molar-refractivity contribution < 1.29 is 4.79 Å². The summed E-state index contributed by atoms with van der Waals surface area (Å²) in [7, 11) is 0. The SMILES string of the molecule is CCC(C)(C)NC(=O)c1ccc(-n2cccc2)cc1. The highest BCUT2D eigenvalue weighted by molar-refractivity contribution is 5.94. The number of hydrogen-bond donors (Lipinski definition) is 1. The number of carbonyl (C=O) groups excluding carboxylic acids is 1. The van der Waals surface area contributed by atoms with Gasteiger partial charge in [-0.1, -0.05) is 6.92 Å². The molecule has 0 saturated carbocycles. The highest BCUT2D eigenvalue weighted by Crippen LogP contribution is 2.12. The van der Waals surface area contributed by atoms with Gasteiger partial charge in [0.05, 0.1) is 0 Å². The second kappa shape index (κ2) is 5.31.